The molecule has 1 aromatic rings. The van der Waals surface area contributed by atoms with Gasteiger partial charge in [0.15, 0.2) is 0 Å². The van der Waals surface area contributed by atoms with Crippen LogP contribution in [-0.4, -0.2) is 85.6 Å². The van der Waals surface area contributed by atoms with Crippen molar-refractivity contribution < 1.29 is 18.0 Å². The van der Waals surface area contributed by atoms with E-state index in [-0.39, 0.29) is 5.91 Å². The first kappa shape index (κ1) is 22.4. The molecule has 3 aliphatic rings. The number of benzene rings is 1. The van der Waals surface area contributed by atoms with Crippen LogP contribution in [0.25, 0.3) is 0 Å². The van der Waals surface area contributed by atoms with Gasteiger partial charge in [-0.3, -0.25) is 14.6 Å². The maximum Gasteiger partial charge on any atom is 0.416 e. The average Bonchev–Trinajstić information content (AvgIpc) is 2.80. The van der Waals surface area contributed by atoms with Crippen molar-refractivity contribution in [3.05, 3.63) is 29.8 Å². The summed E-state index contributed by atoms with van der Waals surface area (Å²) in [5.41, 5.74) is -0.0189. The van der Waals surface area contributed by atoms with Crippen molar-refractivity contribution in [1.82, 2.24) is 14.7 Å². The van der Waals surface area contributed by atoms with E-state index in [0.29, 0.717) is 44.5 Å². The van der Waals surface area contributed by atoms with Crippen LogP contribution in [0.15, 0.2) is 24.3 Å². The van der Waals surface area contributed by atoms with Gasteiger partial charge in [0.05, 0.1) is 12.1 Å². The van der Waals surface area contributed by atoms with Gasteiger partial charge in [-0.1, -0.05) is 25.3 Å². The maximum atomic E-state index is 13.0. The van der Waals surface area contributed by atoms with Gasteiger partial charge in [0.2, 0.25) is 5.91 Å². The van der Waals surface area contributed by atoms with Crippen molar-refractivity contribution in [3.8, 4) is 0 Å². The number of rotatable bonds is 4. The highest BCUT2D eigenvalue weighted by molar-refractivity contribution is 5.78. The van der Waals surface area contributed by atoms with E-state index in [0.717, 1.165) is 32.2 Å². The Morgan fingerprint density at radius 1 is 0.903 bits per heavy atom. The number of halogens is 3. The Bertz CT molecular complexity index is 735. The van der Waals surface area contributed by atoms with Gasteiger partial charge in [0.25, 0.3) is 0 Å². The smallest absolute Gasteiger partial charge is 0.369 e. The van der Waals surface area contributed by atoms with E-state index in [1.54, 1.807) is 6.07 Å². The third kappa shape index (κ3) is 5.71. The molecule has 0 aromatic heterocycles. The lowest BCUT2D eigenvalue weighted by Crippen LogP contribution is -2.55. The van der Waals surface area contributed by atoms with Gasteiger partial charge in [-0.15, -0.1) is 0 Å². The fourth-order valence-electron chi connectivity index (χ4n) is 5.12. The van der Waals surface area contributed by atoms with E-state index in [1.807, 2.05) is 9.80 Å². The summed E-state index contributed by atoms with van der Waals surface area (Å²) in [6.07, 6.45) is 2.28. The van der Waals surface area contributed by atoms with E-state index in [1.165, 1.54) is 44.2 Å². The molecule has 4 rings (SSSR count). The van der Waals surface area contributed by atoms with Crippen LogP contribution in [0, 0.1) is 0 Å². The molecule has 8 heteroatoms. The number of hydrogen-bond donors (Lipinski definition) is 0. The Kier molecular flexibility index (Phi) is 7.06. The van der Waals surface area contributed by atoms with Crippen LogP contribution in [0.1, 0.15) is 37.7 Å². The quantitative estimate of drug-likeness (QED) is 0.722. The average molecular weight is 439 g/mol. The van der Waals surface area contributed by atoms with Crippen LogP contribution in [0.3, 0.4) is 0 Å². The van der Waals surface area contributed by atoms with E-state index in [4.69, 9.17) is 0 Å². The van der Waals surface area contributed by atoms with Gasteiger partial charge in [-0.05, 0) is 31.0 Å². The molecule has 1 amide bonds. The van der Waals surface area contributed by atoms with Crippen molar-refractivity contribution >= 4 is 11.6 Å². The second-order valence-corrected chi connectivity index (χ2v) is 9.02. The third-order valence-electron chi connectivity index (χ3n) is 7.03. The molecule has 172 valence electrons. The minimum atomic E-state index is -4.33. The highest BCUT2D eigenvalue weighted by Gasteiger charge is 2.32. The second-order valence-electron chi connectivity index (χ2n) is 9.02. The topological polar surface area (TPSA) is 30.0 Å². The summed E-state index contributed by atoms with van der Waals surface area (Å²) in [4.78, 5) is 21.4. The van der Waals surface area contributed by atoms with E-state index >= 15 is 0 Å². The zero-order valence-corrected chi connectivity index (χ0v) is 18.1. The highest BCUT2D eigenvalue weighted by Crippen LogP contribution is 2.32. The SMILES string of the molecule is O=C(CN1CCN(c2cccc(C(F)(F)F)c2)CC1)N1CCN(C2CCCCC2)CC1. The van der Waals surface area contributed by atoms with Crippen molar-refractivity contribution in [2.75, 3.05) is 63.8 Å². The summed E-state index contributed by atoms with van der Waals surface area (Å²) in [5, 5.41) is 0. The molecule has 0 radical (unpaired) electrons. The number of carbonyl (C=O) groups excluding carboxylic acids is 1. The van der Waals surface area contributed by atoms with E-state index in [2.05, 4.69) is 9.80 Å². The Hall–Kier alpha value is -1.80. The monoisotopic (exact) mass is 438 g/mol. The number of carbonyl (C=O) groups is 1. The standard InChI is InChI=1S/C23H33F3N4O/c24-23(25,26)19-5-4-8-21(17-19)29-11-9-27(10-12-29)18-22(31)30-15-13-28(14-16-30)20-6-2-1-3-7-20/h4-5,8,17,20H,1-3,6-7,9-16,18H2. The lowest BCUT2D eigenvalue weighted by Gasteiger charge is -2.41. The molecule has 0 atom stereocenters. The molecule has 1 aliphatic carbocycles. The van der Waals surface area contributed by atoms with Crippen LogP contribution in [0.4, 0.5) is 18.9 Å². The molecule has 1 aromatic carbocycles. The summed E-state index contributed by atoms with van der Waals surface area (Å²) in [5.74, 6) is 0.177. The predicted octanol–water partition coefficient (Wildman–Crippen LogP) is 3.30. The van der Waals surface area contributed by atoms with Crippen LogP contribution in [0.2, 0.25) is 0 Å². The molecule has 0 bridgehead atoms. The molecule has 2 aliphatic heterocycles. The lowest BCUT2D eigenvalue weighted by atomic mass is 9.94. The van der Waals surface area contributed by atoms with Crippen LogP contribution < -0.4 is 4.90 Å². The number of anilines is 1. The zero-order chi connectivity index (χ0) is 21.8. The maximum absolute atomic E-state index is 13.0. The molecule has 1 saturated carbocycles. The number of hydrogen-bond acceptors (Lipinski definition) is 4. The first-order valence-electron chi connectivity index (χ1n) is 11.6. The molecule has 2 saturated heterocycles. The van der Waals surface area contributed by atoms with Gasteiger partial charge in [-0.2, -0.15) is 13.2 Å². The molecule has 2 heterocycles. The Morgan fingerprint density at radius 2 is 1.58 bits per heavy atom. The molecule has 5 nitrogen and oxygen atoms in total. The first-order valence-corrected chi connectivity index (χ1v) is 11.6. The molecule has 0 N–H and O–H groups in total. The number of piperazine rings is 2. The fraction of sp³-hybridized carbons (Fsp3) is 0.696. The van der Waals surface area contributed by atoms with Crippen molar-refractivity contribution in [3.63, 3.8) is 0 Å². The van der Waals surface area contributed by atoms with Gasteiger partial charge < -0.3 is 9.80 Å². The van der Waals surface area contributed by atoms with Crippen molar-refractivity contribution in [1.29, 1.82) is 0 Å². The largest absolute Gasteiger partial charge is 0.416 e. The molecule has 31 heavy (non-hydrogen) atoms. The Morgan fingerprint density at radius 3 is 2.23 bits per heavy atom. The normalized spacial score (nSPS) is 22.7. The lowest BCUT2D eigenvalue weighted by molar-refractivity contribution is -0.137. The minimum absolute atomic E-state index is 0.177. The minimum Gasteiger partial charge on any atom is -0.369 e. The van der Waals surface area contributed by atoms with E-state index < -0.39 is 11.7 Å². The van der Waals surface area contributed by atoms with Gasteiger partial charge in [-0.25, -0.2) is 0 Å². The third-order valence-corrected chi connectivity index (χ3v) is 7.03. The number of amides is 1. The van der Waals surface area contributed by atoms with Gasteiger partial charge >= 0.3 is 6.18 Å². The predicted molar refractivity (Wildman–Crippen MR) is 115 cm³/mol. The van der Waals surface area contributed by atoms with Gasteiger partial charge in [0, 0.05) is 64.1 Å². The molecule has 0 spiro atoms. The van der Waals surface area contributed by atoms with Crippen LogP contribution in [0.5, 0.6) is 0 Å². The Labute approximate surface area is 182 Å². The molecule has 0 unspecified atom stereocenters. The molecule has 3 fully saturated rings. The second kappa shape index (κ2) is 9.77. The first-order chi connectivity index (χ1) is 14.9. The van der Waals surface area contributed by atoms with Crippen LogP contribution >= 0.6 is 0 Å². The highest BCUT2D eigenvalue weighted by atomic mass is 19.4. The summed E-state index contributed by atoms with van der Waals surface area (Å²) in [6, 6.07) is 6.21. The fourth-order valence-corrected chi connectivity index (χ4v) is 5.12. The summed E-state index contributed by atoms with van der Waals surface area (Å²) in [6.45, 7) is 6.58. The Balaban J connectivity index is 1.22. The summed E-state index contributed by atoms with van der Waals surface area (Å²) >= 11 is 0. The molecular formula is C23H33F3N4O. The number of nitrogens with zero attached hydrogens (tertiary/aromatic N) is 4. The number of alkyl halides is 3. The zero-order valence-electron chi connectivity index (χ0n) is 18.1. The van der Waals surface area contributed by atoms with Crippen molar-refractivity contribution in [2.24, 2.45) is 0 Å². The van der Waals surface area contributed by atoms with E-state index in [9.17, 15) is 18.0 Å². The van der Waals surface area contributed by atoms with Crippen LogP contribution in [-0.2, 0) is 11.0 Å². The molecular weight excluding hydrogens is 405 g/mol. The summed E-state index contributed by atoms with van der Waals surface area (Å²) < 4.78 is 38.9. The van der Waals surface area contributed by atoms with Gasteiger partial charge in [0.1, 0.15) is 0 Å². The summed E-state index contributed by atoms with van der Waals surface area (Å²) in [7, 11) is 0. The van der Waals surface area contributed by atoms with Crippen molar-refractivity contribution in [2.45, 2.75) is 44.3 Å².